The molecule has 180 valence electrons. The van der Waals surface area contributed by atoms with Crippen molar-refractivity contribution in [3.63, 3.8) is 0 Å². The Balaban J connectivity index is 1.98. The van der Waals surface area contributed by atoms with Crippen molar-refractivity contribution in [1.82, 2.24) is 0 Å². The number of phenols is 2. The molecular formula is C25H32O8. The third-order valence-electron chi connectivity index (χ3n) is 7.24. The quantitative estimate of drug-likeness (QED) is 0.374. The van der Waals surface area contributed by atoms with Crippen LogP contribution in [-0.4, -0.2) is 60.0 Å². The van der Waals surface area contributed by atoms with Crippen molar-refractivity contribution >= 4 is 12.2 Å². The molecule has 0 spiro atoms. The molecule has 2 aromatic carbocycles. The third-order valence-corrected chi connectivity index (χ3v) is 7.24. The van der Waals surface area contributed by atoms with Crippen LogP contribution < -0.4 is 4.74 Å². The second kappa shape index (κ2) is 8.00. The van der Waals surface area contributed by atoms with E-state index in [0.717, 1.165) is 5.56 Å². The third kappa shape index (κ3) is 3.98. The van der Waals surface area contributed by atoms with E-state index in [0.29, 0.717) is 5.56 Å². The van der Waals surface area contributed by atoms with Gasteiger partial charge in [0, 0.05) is 18.4 Å². The summed E-state index contributed by atoms with van der Waals surface area (Å²) >= 11 is 0. The second-order valence-electron chi connectivity index (χ2n) is 9.55. The van der Waals surface area contributed by atoms with Crippen LogP contribution in [0.25, 0.3) is 12.2 Å². The predicted octanol–water partition coefficient (Wildman–Crippen LogP) is 2.60. The summed E-state index contributed by atoms with van der Waals surface area (Å²) in [6.07, 6.45) is 3.50. The number of aliphatic hydroxyl groups excluding tert-OH is 1. The van der Waals surface area contributed by atoms with E-state index in [1.807, 2.05) is 0 Å². The highest BCUT2D eigenvalue weighted by Crippen LogP contribution is 2.57. The van der Waals surface area contributed by atoms with Crippen molar-refractivity contribution in [3.8, 4) is 17.2 Å². The van der Waals surface area contributed by atoms with Crippen LogP contribution in [0.1, 0.15) is 45.7 Å². The molecular weight excluding hydrogens is 428 g/mol. The fourth-order valence-electron chi connectivity index (χ4n) is 4.12. The molecule has 0 amide bonds. The highest BCUT2D eigenvalue weighted by Gasteiger charge is 2.74. The van der Waals surface area contributed by atoms with Gasteiger partial charge < -0.3 is 40.1 Å². The number of phenolic OH excluding ortho intramolecular Hbond substituents is 2. The average Bonchev–Trinajstić information content (AvgIpc) is 2.71. The van der Waals surface area contributed by atoms with E-state index in [2.05, 4.69) is 0 Å². The van der Waals surface area contributed by atoms with Crippen molar-refractivity contribution in [2.75, 3.05) is 6.61 Å². The fourth-order valence-corrected chi connectivity index (χ4v) is 4.12. The van der Waals surface area contributed by atoms with Crippen LogP contribution in [0.5, 0.6) is 17.2 Å². The summed E-state index contributed by atoms with van der Waals surface area (Å²) in [6.45, 7) is 6.20. The van der Waals surface area contributed by atoms with Gasteiger partial charge in [-0.05, 0) is 49.2 Å². The summed E-state index contributed by atoms with van der Waals surface area (Å²) in [4.78, 5) is 0. The number of benzene rings is 2. The van der Waals surface area contributed by atoms with Crippen molar-refractivity contribution < 1.29 is 40.1 Å². The Morgan fingerprint density at radius 1 is 0.788 bits per heavy atom. The minimum atomic E-state index is -2.44. The predicted molar refractivity (Wildman–Crippen MR) is 122 cm³/mol. The molecule has 2 aromatic rings. The van der Waals surface area contributed by atoms with E-state index >= 15 is 0 Å². The standard InChI is InChI=1S/C25H32O8/c1-21(2)22(3,29)24(5,33-25(31,15-26)23(21,4)30)32-20-13-17(12-19(28)14-20)7-6-16-8-10-18(27)11-9-16/h6-14,26-31H,15H2,1-5H3/b7-6-/t22-,23-,24?,25?/m0/s1. The molecule has 1 aliphatic heterocycles. The van der Waals surface area contributed by atoms with E-state index in [4.69, 9.17) is 9.47 Å². The van der Waals surface area contributed by atoms with Gasteiger partial charge in [0.15, 0.2) is 0 Å². The van der Waals surface area contributed by atoms with Gasteiger partial charge in [0.1, 0.15) is 35.1 Å². The largest absolute Gasteiger partial charge is 0.508 e. The molecule has 3 rings (SSSR count). The first kappa shape index (κ1) is 25.0. The molecule has 8 nitrogen and oxygen atoms in total. The molecule has 2 unspecified atom stereocenters. The lowest BCUT2D eigenvalue weighted by atomic mass is 9.57. The maximum atomic E-state index is 11.5. The van der Waals surface area contributed by atoms with Crippen LogP contribution in [-0.2, 0) is 4.74 Å². The van der Waals surface area contributed by atoms with Gasteiger partial charge in [-0.25, -0.2) is 0 Å². The van der Waals surface area contributed by atoms with Gasteiger partial charge in [0.25, 0.3) is 0 Å². The van der Waals surface area contributed by atoms with E-state index in [1.165, 1.54) is 46.8 Å². The Labute approximate surface area is 193 Å². The maximum absolute atomic E-state index is 11.5. The minimum absolute atomic E-state index is 0.111. The van der Waals surface area contributed by atoms with E-state index in [9.17, 15) is 30.6 Å². The molecule has 1 heterocycles. The van der Waals surface area contributed by atoms with Crippen LogP contribution >= 0.6 is 0 Å². The van der Waals surface area contributed by atoms with Gasteiger partial charge in [-0.2, -0.15) is 0 Å². The molecule has 33 heavy (non-hydrogen) atoms. The van der Waals surface area contributed by atoms with Crippen molar-refractivity contribution in [1.29, 1.82) is 0 Å². The highest BCUT2D eigenvalue weighted by atomic mass is 16.8. The van der Waals surface area contributed by atoms with E-state index in [1.54, 1.807) is 42.5 Å². The Morgan fingerprint density at radius 3 is 1.94 bits per heavy atom. The molecule has 0 bridgehead atoms. The number of rotatable bonds is 5. The molecule has 1 saturated heterocycles. The smallest absolute Gasteiger partial charge is 0.239 e. The van der Waals surface area contributed by atoms with Crippen LogP contribution in [0.15, 0.2) is 42.5 Å². The monoisotopic (exact) mass is 460 g/mol. The van der Waals surface area contributed by atoms with E-state index in [-0.39, 0.29) is 17.2 Å². The summed E-state index contributed by atoms with van der Waals surface area (Å²) in [6, 6.07) is 11.0. The summed E-state index contributed by atoms with van der Waals surface area (Å²) in [5.74, 6) is -4.20. The first-order valence-electron chi connectivity index (χ1n) is 10.6. The molecule has 0 aliphatic carbocycles. The summed E-state index contributed by atoms with van der Waals surface area (Å²) in [7, 11) is 0. The highest BCUT2D eigenvalue weighted by molar-refractivity contribution is 5.71. The zero-order chi connectivity index (χ0) is 24.9. The molecule has 1 aliphatic rings. The summed E-state index contributed by atoms with van der Waals surface area (Å²) in [5, 5.41) is 62.9. The van der Waals surface area contributed by atoms with Gasteiger partial charge >= 0.3 is 0 Å². The minimum Gasteiger partial charge on any atom is -0.508 e. The molecule has 8 heteroatoms. The van der Waals surface area contributed by atoms with Crippen molar-refractivity contribution in [3.05, 3.63) is 53.6 Å². The molecule has 0 aromatic heterocycles. The second-order valence-corrected chi connectivity index (χ2v) is 9.55. The topological polar surface area (TPSA) is 140 Å². The van der Waals surface area contributed by atoms with Gasteiger partial charge in [-0.15, -0.1) is 0 Å². The van der Waals surface area contributed by atoms with Crippen LogP contribution in [0.4, 0.5) is 0 Å². The molecule has 0 radical (unpaired) electrons. The van der Waals surface area contributed by atoms with Gasteiger partial charge in [-0.3, -0.25) is 0 Å². The lowest BCUT2D eigenvalue weighted by molar-refractivity contribution is -0.478. The Morgan fingerprint density at radius 2 is 1.36 bits per heavy atom. The summed E-state index contributed by atoms with van der Waals surface area (Å²) < 4.78 is 11.7. The number of ether oxygens (including phenoxy) is 2. The van der Waals surface area contributed by atoms with Crippen LogP contribution in [0.2, 0.25) is 0 Å². The van der Waals surface area contributed by atoms with Gasteiger partial charge in [-0.1, -0.05) is 38.1 Å². The summed E-state index contributed by atoms with van der Waals surface area (Å²) in [5.41, 5.74) is -3.93. The van der Waals surface area contributed by atoms with Crippen LogP contribution in [0.3, 0.4) is 0 Å². The number of hydrogen-bond donors (Lipinski definition) is 6. The average molecular weight is 461 g/mol. The zero-order valence-electron chi connectivity index (χ0n) is 19.4. The van der Waals surface area contributed by atoms with Gasteiger partial charge in [0.05, 0.1) is 0 Å². The van der Waals surface area contributed by atoms with Gasteiger partial charge in [0.2, 0.25) is 11.6 Å². The van der Waals surface area contributed by atoms with Crippen molar-refractivity contribution in [2.24, 2.45) is 5.41 Å². The first-order chi connectivity index (χ1) is 15.1. The SMILES string of the molecule is CC1(Oc2cc(O)cc(/C=C\c3ccc(O)cc3)c2)OC(O)(CO)[C@@](C)(O)C(C)(C)[C@]1(C)O. The Bertz CT molecular complexity index is 1040. The lowest BCUT2D eigenvalue weighted by Crippen LogP contribution is -2.82. The lowest BCUT2D eigenvalue weighted by Gasteiger charge is -2.64. The molecule has 1 fully saturated rings. The number of aromatic hydroxyl groups is 2. The maximum Gasteiger partial charge on any atom is 0.239 e. The Kier molecular flexibility index (Phi) is 6.06. The number of hydrogen-bond acceptors (Lipinski definition) is 8. The molecule has 0 saturated carbocycles. The van der Waals surface area contributed by atoms with E-state index < -0.39 is 34.8 Å². The zero-order valence-corrected chi connectivity index (χ0v) is 19.4. The number of aliphatic hydroxyl groups is 4. The normalized spacial score (nSPS) is 33.8. The fraction of sp³-hybridized carbons (Fsp3) is 0.440. The Hall–Kier alpha value is -2.62. The molecule has 6 N–H and O–H groups in total. The van der Waals surface area contributed by atoms with Crippen LogP contribution in [0, 0.1) is 5.41 Å². The molecule has 4 atom stereocenters. The van der Waals surface area contributed by atoms with Crippen molar-refractivity contribution in [2.45, 2.75) is 57.4 Å². The first-order valence-corrected chi connectivity index (χ1v) is 10.6.